The minimum absolute atomic E-state index is 0.0657. The predicted molar refractivity (Wildman–Crippen MR) is 114 cm³/mol. The standard InChI is InChI=1S/C22H27F3N4O2S/c23-22(24,25)16-7-3-8-17(12-16)29-19(13-26-20(30)11-15-5-1-2-6-15)27-28-21(29)32-14-18-9-4-10-31-18/h3,7-8,12,15,18H,1-2,4-6,9-11,13-14H2,(H,26,30). The van der Waals surface area contributed by atoms with Crippen molar-refractivity contribution in [3.05, 3.63) is 35.7 Å². The number of nitrogens with one attached hydrogen (secondary N) is 1. The van der Waals surface area contributed by atoms with Gasteiger partial charge in [0.25, 0.3) is 0 Å². The first-order valence-electron chi connectivity index (χ1n) is 11.0. The third-order valence-electron chi connectivity index (χ3n) is 5.95. The number of nitrogens with zero attached hydrogens (tertiary/aromatic N) is 3. The van der Waals surface area contributed by atoms with E-state index < -0.39 is 11.7 Å². The van der Waals surface area contributed by atoms with Gasteiger partial charge in [-0.25, -0.2) is 0 Å². The quantitative estimate of drug-likeness (QED) is 0.566. The maximum atomic E-state index is 13.3. The molecule has 10 heteroatoms. The summed E-state index contributed by atoms with van der Waals surface area (Å²) < 4.78 is 47.1. The van der Waals surface area contributed by atoms with Crippen LogP contribution in [0, 0.1) is 5.92 Å². The molecule has 2 aromatic rings. The molecule has 1 unspecified atom stereocenters. The number of amides is 1. The van der Waals surface area contributed by atoms with Gasteiger partial charge in [0.1, 0.15) is 0 Å². The van der Waals surface area contributed by atoms with Crippen molar-refractivity contribution in [1.82, 2.24) is 20.1 Å². The third-order valence-corrected chi connectivity index (χ3v) is 7.01. The van der Waals surface area contributed by atoms with E-state index in [-0.39, 0.29) is 18.6 Å². The summed E-state index contributed by atoms with van der Waals surface area (Å²) in [6.45, 7) is 0.832. The van der Waals surface area contributed by atoms with Crippen molar-refractivity contribution in [1.29, 1.82) is 0 Å². The number of hydrogen-bond donors (Lipinski definition) is 1. The Bertz CT molecular complexity index is 922. The molecule has 1 aliphatic heterocycles. The van der Waals surface area contributed by atoms with E-state index in [1.54, 1.807) is 10.6 Å². The van der Waals surface area contributed by atoms with Crippen LogP contribution in [-0.2, 0) is 22.3 Å². The Morgan fingerprint density at radius 3 is 2.72 bits per heavy atom. The first kappa shape index (κ1) is 23.1. The van der Waals surface area contributed by atoms with Crippen LogP contribution in [0.25, 0.3) is 5.69 Å². The van der Waals surface area contributed by atoms with Crippen LogP contribution in [0.2, 0.25) is 0 Å². The zero-order valence-corrected chi connectivity index (χ0v) is 18.6. The Morgan fingerprint density at radius 1 is 1.19 bits per heavy atom. The molecule has 4 rings (SSSR count). The maximum absolute atomic E-state index is 13.3. The molecule has 0 radical (unpaired) electrons. The van der Waals surface area contributed by atoms with E-state index in [0.29, 0.717) is 34.8 Å². The lowest BCUT2D eigenvalue weighted by Gasteiger charge is -2.15. The molecule has 2 heterocycles. The van der Waals surface area contributed by atoms with E-state index in [1.165, 1.54) is 17.8 Å². The van der Waals surface area contributed by atoms with Gasteiger partial charge in [0, 0.05) is 18.8 Å². The van der Waals surface area contributed by atoms with E-state index >= 15 is 0 Å². The number of carbonyl (C=O) groups is 1. The SMILES string of the molecule is O=C(CC1CCCC1)NCc1nnc(SCC2CCCO2)n1-c1cccc(C(F)(F)F)c1. The predicted octanol–water partition coefficient (Wildman–Crippen LogP) is 4.75. The lowest BCUT2D eigenvalue weighted by atomic mass is 10.0. The maximum Gasteiger partial charge on any atom is 0.416 e. The van der Waals surface area contributed by atoms with Crippen LogP contribution in [0.3, 0.4) is 0 Å². The molecule has 1 saturated heterocycles. The molecular weight excluding hydrogens is 441 g/mol. The summed E-state index contributed by atoms with van der Waals surface area (Å²) in [5.41, 5.74) is -0.422. The lowest BCUT2D eigenvalue weighted by Crippen LogP contribution is -2.26. The fourth-order valence-corrected chi connectivity index (χ4v) is 5.30. The normalized spacial score (nSPS) is 19.5. The molecule has 1 atom stereocenters. The van der Waals surface area contributed by atoms with Crippen molar-refractivity contribution in [2.24, 2.45) is 5.92 Å². The topological polar surface area (TPSA) is 69.0 Å². The number of benzene rings is 1. The molecule has 6 nitrogen and oxygen atoms in total. The number of ether oxygens (including phenoxy) is 1. The average Bonchev–Trinajstić information content (AvgIpc) is 3.52. The van der Waals surface area contributed by atoms with Crippen molar-refractivity contribution in [2.45, 2.75) is 68.9 Å². The van der Waals surface area contributed by atoms with Gasteiger partial charge in [0.15, 0.2) is 11.0 Å². The molecule has 2 aliphatic rings. The van der Waals surface area contributed by atoms with Gasteiger partial charge in [0.05, 0.1) is 23.9 Å². The van der Waals surface area contributed by atoms with Gasteiger partial charge in [-0.1, -0.05) is 30.7 Å². The molecule has 1 aromatic heterocycles. The summed E-state index contributed by atoms with van der Waals surface area (Å²) in [4.78, 5) is 12.4. The first-order chi connectivity index (χ1) is 15.4. The Balaban J connectivity index is 1.53. The van der Waals surface area contributed by atoms with E-state index in [4.69, 9.17) is 4.74 Å². The summed E-state index contributed by atoms with van der Waals surface area (Å²) in [6.07, 6.45) is 2.53. The molecule has 1 aliphatic carbocycles. The molecular formula is C22H27F3N4O2S. The minimum atomic E-state index is -4.45. The Kier molecular flexibility index (Phi) is 7.40. The number of thioether (sulfide) groups is 1. The summed E-state index contributed by atoms with van der Waals surface area (Å²) in [5, 5.41) is 11.8. The van der Waals surface area contributed by atoms with Gasteiger partial charge >= 0.3 is 6.18 Å². The van der Waals surface area contributed by atoms with Crippen LogP contribution in [0.5, 0.6) is 0 Å². The molecule has 32 heavy (non-hydrogen) atoms. The third kappa shape index (κ3) is 5.83. The van der Waals surface area contributed by atoms with Gasteiger partial charge in [0.2, 0.25) is 5.91 Å². The van der Waals surface area contributed by atoms with Crippen LogP contribution >= 0.6 is 11.8 Å². The minimum Gasteiger partial charge on any atom is -0.377 e. The Morgan fingerprint density at radius 2 is 2.00 bits per heavy atom. The summed E-state index contributed by atoms with van der Waals surface area (Å²) in [6, 6.07) is 5.09. The zero-order chi connectivity index (χ0) is 22.6. The fourth-order valence-electron chi connectivity index (χ4n) is 4.26. The molecule has 174 valence electrons. The number of rotatable bonds is 8. The second-order valence-corrected chi connectivity index (χ2v) is 9.35. The number of halogens is 3. The number of carbonyl (C=O) groups excluding carboxylic acids is 1. The molecule has 1 N–H and O–H groups in total. The number of hydrogen-bond acceptors (Lipinski definition) is 5. The fraction of sp³-hybridized carbons (Fsp3) is 0.591. The highest BCUT2D eigenvalue weighted by molar-refractivity contribution is 7.99. The van der Waals surface area contributed by atoms with Crippen molar-refractivity contribution >= 4 is 17.7 Å². The first-order valence-corrected chi connectivity index (χ1v) is 12.0. The summed E-state index contributed by atoms with van der Waals surface area (Å²) in [7, 11) is 0. The monoisotopic (exact) mass is 468 g/mol. The molecule has 1 saturated carbocycles. The van der Waals surface area contributed by atoms with Gasteiger partial charge in [-0.3, -0.25) is 9.36 Å². The smallest absolute Gasteiger partial charge is 0.377 e. The number of alkyl halides is 3. The van der Waals surface area contributed by atoms with Crippen LogP contribution in [0.1, 0.15) is 56.3 Å². The highest BCUT2D eigenvalue weighted by Crippen LogP contribution is 2.32. The van der Waals surface area contributed by atoms with Gasteiger partial charge in [-0.15, -0.1) is 10.2 Å². The Hall–Kier alpha value is -2.07. The van der Waals surface area contributed by atoms with Crippen molar-refractivity contribution < 1.29 is 22.7 Å². The van der Waals surface area contributed by atoms with Crippen LogP contribution < -0.4 is 5.32 Å². The van der Waals surface area contributed by atoms with E-state index in [1.807, 2.05) is 0 Å². The largest absolute Gasteiger partial charge is 0.416 e. The molecule has 0 spiro atoms. The molecule has 0 bridgehead atoms. The number of aromatic nitrogens is 3. The molecule has 2 fully saturated rings. The van der Waals surface area contributed by atoms with Crippen LogP contribution in [0.15, 0.2) is 29.4 Å². The Labute approximate surface area is 189 Å². The van der Waals surface area contributed by atoms with Gasteiger partial charge in [-0.05, 0) is 49.8 Å². The zero-order valence-electron chi connectivity index (χ0n) is 17.7. The van der Waals surface area contributed by atoms with Gasteiger partial charge < -0.3 is 10.1 Å². The van der Waals surface area contributed by atoms with Crippen LogP contribution in [-0.4, -0.2) is 39.1 Å². The highest BCUT2D eigenvalue weighted by Gasteiger charge is 2.31. The average molecular weight is 469 g/mol. The summed E-state index contributed by atoms with van der Waals surface area (Å²) in [5.74, 6) is 1.39. The van der Waals surface area contributed by atoms with Crippen LogP contribution in [0.4, 0.5) is 13.2 Å². The van der Waals surface area contributed by atoms with E-state index in [0.717, 1.165) is 57.3 Å². The highest BCUT2D eigenvalue weighted by atomic mass is 32.2. The van der Waals surface area contributed by atoms with E-state index in [9.17, 15) is 18.0 Å². The van der Waals surface area contributed by atoms with Gasteiger partial charge in [-0.2, -0.15) is 13.2 Å². The second-order valence-electron chi connectivity index (χ2n) is 8.36. The van der Waals surface area contributed by atoms with E-state index in [2.05, 4.69) is 15.5 Å². The molecule has 1 amide bonds. The summed E-state index contributed by atoms with van der Waals surface area (Å²) >= 11 is 1.40. The second kappa shape index (κ2) is 10.2. The van der Waals surface area contributed by atoms with Crippen molar-refractivity contribution in [3.8, 4) is 5.69 Å². The van der Waals surface area contributed by atoms with Crippen molar-refractivity contribution in [3.63, 3.8) is 0 Å². The van der Waals surface area contributed by atoms with Crippen molar-refractivity contribution in [2.75, 3.05) is 12.4 Å². The molecule has 1 aromatic carbocycles. The lowest BCUT2D eigenvalue weighted by molar-refractivity contribution is -0.137.